The molecule has 0 aliphatic rings. The Bertz CT molecular complexity index is 716. The fourth-order valence-electron chi connectivity index (χ4n) is 2.08. The van der Waals surface area contributed by atoms with Crippen LogP contribution in [0.25, 0.3) is 21.8 Å². The summed E-state index contributed by atoms with van der Waals surface area (Å²) in [7, 11) is 1.69. The summed E-state index contributed by atoms with van der Waals surface area (Å²) in [6, 6.07) is 16.4. The van der Waals surface area contributed by atoms with E-state index in [1.54, 1.807) is 18.4 Å². The largest absolute Gasteiger partial charge is 0.496 e. The van der Waals surface area contributed by atoms with E-state index < -0.39 is 0 Å². The van der Waals surface area contributed by atoms with E-state index in [-0.39, 0.29) is 0 Å². The van der Waals surface area contributed by atoms with Crippen LogP contribution in [0.4, 0.5) is 0 Å². The molecule has 3 heteroatoms. The lowest BCUT2D eigenvalue weighted by Gasteiger charge is -2.04. The highest BCUT2D eigenvalue weighted by atomic mass is 32.1. The third-order valence-electron chi connectivity index (χ3n) is 3.19. The van der Waals surface area contributed by atoms with Gasteiger partial charge in [-0.05, 0) is 19.1 Å². The summed E-state index contributed by atoms with van der Waals surface area (Å²) in [6.45, 7) is 2.09. The molecule has 0 amide bonds. The van der Waals surface area contributed by atoms with Crippen LogP contribution >= 0.6 is 11.3 Å². The minimum Gasteiger partial charge on any atom is -0.496 e. The summed E-state index contributed by atoms with van der Waals surface area (Å²) in [5.41, 5.74) is 4.41. The molecule has 0 spiro atoms. The molecule has 0 saturated heterocycles. The lowest BCUT2D eigenvalue weighted by Crippen LogP contribution is -1.87. The van der Waals surface area contributed by atoms with Crippen molar-refractivity contribution >= 4 is 11.3 Å². The molecule has 1 aromatic heterocycles. The van der Waals surface area contributed by atoms with Gasteiger partial charge in [0.15, 0.2) is 0 Å². The van der Waals surface area contributed by atoms with Crippen molar-refractivity contribution in [3.05, 3.63) is 59.5 Å². The third kappa shape index (κ3) is 2.45. The molecule has 0 fully saturated rings. The van der Waals surface area contributed by atoms with E-state index in [0.717, 1.165) is 27.6 Å². The molecule has 0 atom stereocenters. The van der Waals surface area contributed by atoms with Crippen molar-refractivity contribution in [3.8, 4) is 27.6 Å². The molecule has 0 N–H and O–H groups in total. The molecule has 0 saturated carbocycles. The minimum absolute atomic E-state index is 0.855. The first-order valence-electron chi connectivity index (χ1n) is 6.44. The Morgan fingerprint density at radius 3 is 2.50 bits per heavy atom. The standard InChI is InChI=1S/C17H15NOS/c1-12-7-9-13(10-8-12)17-18-15(11-20-17)14-5-3-4-6-16(14)19-2/h3-11H,1-2H3. The minimum atomic E-state index is 0.855. The van der Waals surface area contributed by atoms with Crippen LogP contribution in [0, 0.1) is 6.92 Å². The monoisotopic (exact) mass is 281 g/mol. The van der Waals surface area contributed by atoms with E-state index in [2.05, 4.69) is 36.6 Å². The number of benzene rings is 2. The van der Waals surface area contributed by atoms with Gasteiger partial charge < -0.3 is 4.74 Å². The first kappa shape index (κ1) is 12.9. The van der Waals surface area contributed by atoms with E-state index in [1.807, 2.05) is 24.3 Å². The molecule has 20 heavy (non-hydrogen) atoms. The highest BCUT2D eigenvalue weighted by Gasteiger charge is 2.10. The van der Waals surface area contributed by atoms with Gasteiger partial charge in [-0.25, -0.2) is 4.98 Å². The van der Waals surface area contributed by atoms with E-state index in [0.29, 0.717) is 0 Å². The molecule has 100 valence electrons. The molecular formula is C17H15NOS. The van der Waals surface area contributed by atoms with Gasteiger partial charge in [-0.1, -0.05) is 42.0 Å². The second-order valence-electron chi connectivity index (χ2n) is 4.60. The molecule has 0 bridgehead atoms. The van der Waals surface area contributed by atoms with Crippen molar-refractivity contribution < 1.29 is 4.74 Å². The van der Waals surface area contributed by atoms with Crippen LogP contribution in [-0.4, -0.2) is 12.1 Å². The van der Waals surface area contributed by atoms with Crippen LogP contribution in [0.1, 0.15) is 5.56 Å². The summed E-state index contributed by atoms with van der Waals surface area (Å²) < 4.78 is 5.40. The lowest BCUT2D eigenvalue weighted by molar-refractivity contribution is 0.416. The normalized spacial score (nSPS) is 10.5. The summed E-state index contributed by atoms with van der Waals surface area (Å²) in [4.78, 5) is 4.73. The summed E-state index contributed by atoms with van der Waals surface area (Å²) in [6.07, 6.45) is 0. The molecular weight excluding hydrogens is 266 g/mol. The quantitative estimate of drug-likeness (QED) is 0.688. The van der Waals surface area contributed by atoms with Crippen molar-refractivity contribution in [3.63, 3.8) is 0 Å². The summed E-state index contributed by atoms with van der Waals surface area (Å²) in [5.74, 6) is 0.855. The number of nitrogens with zero attached hydrogens (tertiary/aromatic N) is 1. The predicted octanol–water partition coefficient (Wildman–Crippen LogP) is 4.79. The Kier molecular flexibility index (Phi) is 3.52. The predicted molar refractivity (Wildman–Crippen MR) is 84.3 cm³/mol. The molecule has 0 aliphatic carbocycles. The Hall–Kier alpha value is -2.13. The fraction of sp³-hybridized carbons (Fsp3) is 0.118. The van der Waals surface area contributed by atoms with Gasteiger partial charge in [0.25, 0.3) is 0 Å². The van der Waals surface area contributed by atoms with E-state index in [9.17, 15) is 0 Å². The van der Waals surface area contributed by atoms with Gasteiger partial charge in [0.05, 0.1) is 12.8 Å². The number of aromatic nitrogens is 1. The van der Waals surface area contributed by atoms with Crippen LogP contribution < -0.4 is 4.74 Å². The maximum absolute atomic E-state index is 5.40. The molecule has 3 aromatic rings. The van der Waals surface area contributed by atoms with Gasteiger partial charge in [0, 0.05) is 16.5 Å². The zero-order valence-electron chi connectivity index (χ0n) is 11.5. The lowest BCUT2D eigenvalue weighted by atomic mass is 10.1. The zero-order valence-corrected chi connectivity index (χ0v) is 12.3. The first-order valence-corrected chi connectivity index (χ1v) is 7.32. The van der Waals surface area contributed by atoms with Gasteiger partial charge in [-0.3, -0.25) is 0 Å². The average molecular weight is 281 g/mol. The van der Waals surface area contributed by atoms with Crippen LogP contribution in [0.15, 0.2) is 53.9 Å². The summed E-state index contributed by atoms with van der Waals surface area (Å²) >= 11 is 1.66. The number of rotatable bonds is 3. The smallest absolute Gasteiger partial charge is 0.128 e. The van der Waals surface area contributed by atoms with Gasteiger partial charge >= 0.3 is 0 Å². The average Bonchev–Trinajstić information content (AvgIpc) is 2.97. The van der Waals surface area contributed by atoms with Gasteiger partial charge in [0.1, 0.15) is 10.8 Å². The zero-order chi connectivity index (χ0) is 13.9. The van der Waals surface area contributed by atoms with Crippen LogP contribution in [0.3, 0.4) is 0 Å². The van der Waals surface area contributed by atoms with Crippen molar-refractivity contribution in [1.29, 1.82) is 0 Å². The van der Waals surface area contributed by atoms with Crippen molar-refractivity contribution in [2.24, 2.45) is 0 Å². The van der Waals surface area contributed by atoms with Crippen LogP contribution in [-0.2, 0) is 0 Å². The second kappa shape index (κ2) is 5.47. The number of thiazole rings is 1. The van der Waals surface area contributed by atoms with E-state index in [4.69, 9.17) is 9.72 Å². The summed E-state index contributed by atoms with van der Waals surface area (Å²) in [5, 5.41) is 3.11. The first-order chi connectivity index (χ1) is 9.78. The molecule has 2 nitrogen and oxygen atoms in total. The maximum Gasteiger partial charge on any atom is 0.128 e. The second-order valence-corrected chi connectivity index (χ2v) is 5.46. The Labute approximate surface area is 122 Å². The van der Waals surface area contributed by atoms with Gasteiger partial charge in [0.2, 0.25) is 0 Å². The van der Waals surface area contributed by atoms with Crippen LogP contribution in [0.5, 0.6) is 5.75 Å². The van der Waals surface area contributed by atoms with Gasteiger partial charge in [-0.15, -0.1) is 11.3 Å². The SMILES string of the molecule is COc1ccccc1-c1csc(-c2ccc(C)cc2)n1. The fourth-order valence-corrected chi connectivity index (χ4v) is 2.91. The number of hydrogen-bond acceptors (Lipinski definition) is 3. The highest BCUT2D eigenvalue weighted by molar-refractivity contribution is 7.13. The molecule has 3 rings (SSSR count). The van der Waals surface area contributed by atoms with Crippen molar-refractivity contribution in [1.82, 2.24) is 4.98 Å². The van der Waals surface area contributed by atoms with Crippen molar-refractivity contribution in [2.45, 2.75) is 6.92 Å². The highest BCUT2D eigenvalue weighted by Crippen LogP contribution is 2.33. The number of methoxy groups -OCH3 is 1. The number of ether oxygens (including phenoxy) is 1. The molecule has 1 heterocycles. The van der Waals surface area contributed by atoms with Gasteiger partial charge in [-0.2, -0.15) is 0 Å². The maximum atomic E-state index is 5.40. The third-order valence-corrected chi connectivity index (χ3v) is 4.08. The van der Waals surface area contributed by atoms with Crippen LogP contribution in [0.2, 0.25) is 0 Å². The molecule has 0 unspecified atom stereocenters. The Morgan fingerprint density at radius 2 is 1.75 bits per heavy atom. The molecule has 0 radical (unpaired) electrons. The Balaban J connectivity index is 2.00. The number of para-hydroxylation sites is 1. The molecule has 0 aliphatic heterocycles. The number of aryl methyl sites for hydroxylation is 1. The van der Waals surface area contributed by atoms with Crippen molar-refractivity contribution in [2.75, 3.05) is 7.11 Å². The topological polar surface area (TPSA) is 22.1 Å². The van der Waals surface area contributed by atoms with E-state index in [1.165, 1.54) is 5.56 Å². The molecule has 2 aromatic carbocycles. The number of hydrogen-bond donors (Lipinski definition) is 0. The Morgan fingerprint density at radius 1 is 1.00 bits per heavy atom. The van der Waals surface area contributed by atoms with E-state index >= 15 is 0 Å².